The molecule has 0 aliphatic heterocycles. The number of nitriles is 1. The minimum Gasteiger partial charge on any atom is -0.301 e. The summed E-state index contributed by atoms with van der Waals surface area (Å²) in [7, 11) is 0. The summed E-state index contributed by atoms with van der Waals surface area (Å²) in [4.78, 5) is 17.8. The molecule has 0 aromatic carbocycles. The van der Waals surface area contributed by atoms with E-state index >= 15 is 0 Å². The molecule has 0 radical (unpaired) electrons. The summed E-state index contributed by atoms with van der Waals surface area (Å²) in [6, 6.07) is 1.80. The lowest BCUT2D eigenvalue weighted by molar-refractivity contribution is -0.108. The number of rotatable bonds is 2. The first-order valence-corrected chi connectivity index (χ1v) is 2.99. The van der Waals surface area contributed by atoms with Crippen LogP contribution in [-0.4, -0.2) is 16.3 Å². The molecular weight excluding hydrogens is 142 g/mol. The molecule has 0 saturated heterocycles. The van der Waals surface area contributed by atoms with Crippen molar-refractivity contribution < 1.29 is 4.79 Å². The summed E-state index contributed by atoms with van der Waals surface area (Å²) < 4.78 is 0. The van der Waals surface area contributed by atoms with E-state index in [1.165, 1.54) is 18.6 Å². The molecular formula is C7H5N3O. The lowest BCUT2D eigenvalue weighted by atomic mass is 10.1. The largest absolute Gasteiger partial charge is 0.301 e. The maximum Gasteiger partial charge on any atom is 0.145 e. The van der Waals surface area contributed by atoms with E-state index in [1.807, 2.05) is 0 Å². The van der Waals surface area contributed by atoms with Gasteiger partial charge in [-0.05, 0) is 0 Å². The first kappa shape index (κ1) is 7.35. The molecule has 0 spiro atoms. The average Bonchev–Trinajstić information content (AvgIpc) is 2.09. The smallest absolute Gasteiger partial charge is 0.145 e. The van der Waals surface area contributed by atoms with Gasteiger partial charge in [0, 0.05) is 12.4 Å². The highest BCUT2D eigenvalue weighted by molar-refractivity contribution is 5.64. The Morgan fingerprint density at radius 1 is 1.64 bits per heavy atom. The van der Waals surface area contributed by atoms with Gasteiger partial charge in [0.1, 0.15) is 12.2 Å². The SMILES string of the molecule is N#C[C@H](C=O)c1cnccn1. The Labute approximate surface area is 63.5 Å². The van der Waals surface area contributed by atoms with Crippen LogP contribution in [0.1, 0.15) is 11.6 Å². The van der Waals surface area contributed by atoms with E-state index in [-0.39, 0.29) is 0 Å². The molecule has 1 atom stereocenters. The van der Waals surface area contributed by atoms with Crippen LogP contribution in [0.3, 0.4) is 0 Å². The molecule has 54 valence electrons. The van der Waals surface area contributed by atoms with Gasteiger partial charge in [-0.25, -0.2) is 0 Å². The Morgan fingerprint density at radius 3 is 2.91 bits per heavy atom. The van der Waals surface area contributed by atoms with Crippen molar-refractivity contribution >= 4 is 6.29 Å². The van der Waals surface area contributed by atoms with Crippen LogP contribution in [0.5, 0.6) is 0 Å². The molecule has 4 heteroatoms. The number of hydrogen-bond acceptors (Lipinski definition) is 4. The fourth-order valence-electron chi connectivity index (χ4n) is 0.638. The van der Waals surface area contributed by atoms with Crippen molar-refractivity contribution in [2.24, 2.45) is 0 Å². The summed E-state index contributed by atoms with van der Waals surface area (Å²) in [5.41, 5.74) is 0.394. The molecule has 0 N–H and O–H groups in total. The maximum absolute atomic E-state index is 10.2. The van der Waals surface area contributed by atoms with Gasteiger partial charge in [-0.15, -0.1) is 0 Å². The van der Waals surface area contributed by atoms with Crippen molar-refractivity contribution in [3.8, 4) is 6.07 Å². The topological polar surface area (TPSA) is 66.6 Å². The first-order chi connectivity index (χ1) is 5.38. The lowest BCUT2D eigenvalue weighted by Gasteiger charge is -1.96. The number of hydrogen-bond donors (Lipinski definition) is 0. The summed E-state index contributed by atoms with van der Waals surface area (Å²) in [6.07, 6.45) is 4.89. The molecule has 0 fully saturated rings. The third-order valence-corrected chi connectivity index (χ3v) is 1.18. The van der Waals surface area contributed by atoms with Crippen LogP contribution in [0, 0.1) is 11.3 Å². The van der Waals surface area contributed by atoms with E-state index in [1.54, 1.807) is 6.07 Å². The van der Waals surface area contributed by atoms with Crippen molar-refractivity contribution in [2.75, 3.05) is 0 Å². The standard InChI is InChI=1S/C7H5N3O/c8-3-6(5-11)7-4-9-1-2-10-7/h1-2,4-6H/t6-/m1/s1. The molecule has 1 rings (SSSR count). The fraction of sp³-hybridized carbons (Fsp3) is 0.143. The summed E-state index contributed by atoms with van der Waals surface area (Å²) in [6.45, 7) is 0. The van der Waals surface area contributed by atoms with Gasteiger partial charge in [0.15, 0.2) is 0 Å². The molecule has 0 amide bonds. The predicted molar refractivity (Wildman–Crippen MR) is 36.5 cm³/mol. The molecule has 0 unspecified atom stereocenters. The second-order valence-electron chi connectivity index (χ2n) is 1.87. The van der Waals surface area contributed by atoms with Crippen molar-refractivity contribution in [2.45, 2.75) is 5.92 Å². The zero-order chi connectivity index (χ0) is 8.10. The first-order valence-electron chi connectivity index (χ1n) is 2.99. The van der Waals surface area contributed by atoms with Gasteiger partial charge in [0.05, 0.1) is 18.0 Å². The van der Waals surface area contributed by atoms with E-state index in [9.17, 15) is 4.79 Å². The van der Waals surface area contributed by atoms with Gasteiger partial charge < -0.3 is 4.79 Å². The molecule has 0 saturated carbocycles. The third kappa shape index (κ3) is 1.58. The number of aldehydes is 1. The Morgan fingerprint density at radius 2 is 2.45 bits per heavy atom. The van der Waals surface area contributed by atoms with Crippen LogP contribution in [0.15, 0.2) is 18.6 Å². The van der Waals surface area contributed by atoms with Crippen molar-refractivity contribution in [1.29, 1.82) is 5.26 Å². The highest BCUT2D eigenvalue weighted by Crippen LogP contribution is 2.05. The van der Waals surface area contributed by atoms with E-state index in [0.29, 0.717) is 12.0 Å². The minimum atomic E-state index is -0.788. The molecule has 11 heavy (non-hydrogen) atoms. The number of carbonyl (C=O) groups excluding carboxylic acids is 1. The van der Waals surface area contributed by atoms with Gasteiger partial charge >= 0.3 is 0 Å². The Bertz CT molecular complexity index is 277. The number of carbonyl (C=O) groups is 1. The van der Waals surface area contributed by atoms with Crippen LogP contribution in [0.25, 0.3) is 0 Å². The predicted octanol–water partition coefficient (Wildman–Crippen LogP) is 0.283. The second-order valence-corrected chi connectivity index (χ2v) is 1.87. The van der Waals surface area contributed by atoms with Gasteiger partial charge in [0.2, 0.25) is 0 Å². The average molecular weight is 147 g/mol. The van der Waals surface area contributed by atoms with Crippen LogP contribution >= 0.6 is 0 Å². The van der Waals surface area contributed by atoms with E-state index < -0.39 is 5.92 Å². The third-order valence-electron chi connectivity index (χ3n) is 1.18. The Hall–Kier alpha value is -1.76. The summed E-state index contributed by atoms with van der Waals surface area (Å²) in [5.74, 6) is -0.788. The minimum absolute atomic E-state index is 0.394. The van der Waals surface area contributed by atoms with Crippen molar-refractivity contribution in [3.05, 3.63) is 24.3 Å². The molecule has 0 bridgehead atoms. The maximum atomic E-state index is 10.2. The van der Waals surface area contributed by atoms with E-state index in [0.717, 1.165) is 0 Å². The van der Waals surface area contributed by atoms with Crippen molar-refractivity contribution in [1.82, 2.24) is 9.97 Å². The van der Waals surface area contributed by atoms with E-state index in [2.05, 4.69) is 9.97 Å². The van der Waals surface area contributed by atoms with Gasteiger partial charge in [-0.3, -0.25) is 9.97 Å². The highest BCUT2D eigenvalue weighted by Gasteiger charge is 2.08. The lowest BCUT2D eigenvalue weighted by Crippen LogP contribution is -1.99. The van der Waals surface area contributed by atoms with Crippen LogP contribution in [-0.2, 0) is 4.79 Å². The zero-order valence-electron chi connectivity index (χ0n) is 5.64. The fourth-order valence-corrected chi connectivity index (χ4v) is 0.638. The number of aromatic nitrogens is 2. The van der Waals surface area contributed by atoms with Gasteiger partial charge in [-0.1, -0.05) is 0 Å². The quantitative estimate of drug-likeness (QED) is 0.563. The normalized spacial score (nSPS) is 11.5. The second kappa shape index (κ2) is 3.42. The van der Waals surface area contributed by atoms with Crippen molar-refractivity contribution in [3.63, 3.8) is 0 Å². The molecule has 1 aromatic rings. The molecule has 4 nitrogen and oxygen atoms in total. The molecule has 0 aliphatic rings. The Kier molecular flexibility index (Phi) is 2.28. The molecule has 1 aromatic heterocycles. The number of nitrogens with zero attached hydrogens (tertiary/aromatic N) is 3. The molecule has 0 aliphatic carbocycles. The monoisotopic (exact) mass is 147 g/mol. The summed E-state index contributed by atoms with van der Waals surface area (Å²) >= 11 is 0. The highest BCUT2D eigenvalue weighted by atomic mass is 16.1. The Balaban J connectivity index is 2.93. The molecule has 1 heterocycles. The van der Waals surface area contributed by atoms with Gasteiger partial charge in [-0.2, -0.15) is 5.26 Å². The van der Waals surface area contributed by atoms with Crippen LogP contribution in [0.4, 0.5) is 0 Å². The van der Waals surface area contributed by atoms with Gasteiger partial charge in [0.25, 0.3) is 0 Å². The van der Waals surface area contributed by atoms with E-state index in [4.69, 9.17) is 5.26 Å². The zero-order valence-corrected chi connectivity index (χ0v) is 5.64. The summed E-state index contributed by atoms with van der Waals surface area (Å²) in [5, 5.41) is 8.43. The van der Waals surface area contributed by atoms with Crippen LogP contribution in [0.2, 0.25) is 0 Å². The van der Waals surface area contributed by atoms with Crippen LogP contribution < -0.4 is 0 Å².